The van der Waals surface area contributed by atoms with E-state index in [0.29, 0.717) is 25.2 Å². The number of aryl methyl sites for hydroxylation is 1. The maximum atomic E-state index is 13.1. The quantitative estimate of drug-likeness (QED) is 0.637. The Morgan fingerprint density at radius 1 is 1.19 bits per heavy atom. The first-order valence-electron chi connectivity index (χ1n) is 8.34. The van der Waals surface area contributed by atoms with E-state index in [4.69, 9.17) is 5.73 Å². The van der Waals surface area contributed by atoms with Crippen LogP contribution in [0.25, 0.3) is 0 Å². The Labute approximate surface area is 152 Å². The number of benzene rings is 2. The SMILES string of the molecule is Cc1cc([N+](=O)[O-])ccc1S(=O)(=O)N1C[C@@H](CN)[C@H](c2ccccc2)C1. The number of nitro benzene ring substituents is 1. The van der Waals surface area contributed by atoms with Gasteiger partial charge < -0.3 is 5.73 Å². The summed E-state index contributed by atoms with van der Waals surface area (Å²) in [4.78, 5) is 10.5. The maximum Gasteiger partial charge on any atom is 0.269 e. The minimum atomic E-state index is -3.74. The largest absolute Gasteiger partial charge is 0.330 e. The molecule has 7 nitrogen and oxygen atoms in total. The normalized spacial score (nSPS) is 21.0. The van der Waals surface area contributed by atoms with Crippen molar-refractivity contribution in [3.8, 4) is 0 Å². The predicted molar refractivity (Wildman–Crippen MR) is 98.3 cm³/mol. The predicted octanol–water partition coefficient (Wildman–Crippen LogP) is 2.27. The number of hydrogen-bond acceptors (Lipinski definition) is 5. The second kappa shape index (κ2) is 7.14. The molecule has 8 heteroatoms. The van der Waals surface area contributed by atoms with E-state index in [0.717, 1.165) is 5.56 Å². The number of hydrogen-bond donors (Lipinski definition) is 1. The van der Waals surface area contributed by atoms with Crippen LogP contribution in [0.15, 0.2) is 53.4 Å². The molecule has 0 aliphatic carbocycles. The number of nitrogens with two attached hydrogens (primary N) is 1. The van der Waals surface area contributed by atoms with E-state index in [1.165, 1.54) is 22.5 Å². The summed E-state index contributed by atoms with van der Waals surface area (Å²) >= 11 is 0. The summed E-state index contributed by atoms with van der Waals surface area (Å²) in [6.45, 7) is 2.66. The first-order chi connectivity index (χ1) is 12.3. The van der Waals surface area contributed by atoms with Crippen molar-refractivity contribution < 1.29 is 13.3 Å². The number of sulfonamides is 1. The zero-order valence-corrected chi connectivity index (χ0v) is 15.2. The van der Waals surface area contributed by atoms with E-state index in [1.807, 2.05) is 30.3 Å². The smallest absolute Gasteiger partial charge is 0.269 e. The van der Waals surface area contributed by atoms with Gasteiger partial charge >= 0.3 is 0 Å². The lowest BCUT2D eigenvalue weighted by Gasteiger charge is -2.18. The van der Waals surface area contributed by atoms with Gasteiger partial charge in [-0.25, -0.2) is 8.42 Å². The van der Waals surface area contributed by atoms with Gasteiger partial charge in [-0.05, 0) is 36.6 Å². The molecule has 1 saturated heterocycles. The maximum absolute atomic E-state index is 13.1. The average Bonchev–Trinajstić information content (AvgIpc) is 3.07. The third-order valence-corrected chi connectivity index (χ3v) is 6.92. The van der Waals surface area contributed by atoms with Gasteiger partial charge in [-0.2, -0.15) is 4.31 Å². The highest BCUT2D eigenvalue weighted by molar-refractivity contribution is 7.89. The van der Waals surface area contributed by atoms with Gasteiger partial charge in [-0.3, -0.25) is 10.1 Å². The summed E-state index contributed by atoms with van der Waals surface area (Å²) in [7, 11) is -3.74. The molecule has 0 radical (unpaired) electrons. The monoisotopic (exact) mass is 375 g/mol. The molecule has 0 spiro atoms. The van der Waals surface area contributed by atoms with Gasteiger partial charge in [0.1, 0.15) is 0 Å². The van der Waals surface area contributed by atoms with Crippen molar-refractivity contribution >= 4 is 15.7 Å². The molecule has 0 saturated carbocycles. The molecule has 2 N–H and O–H groups in total. The highest BCUT2D eigenvalue weighted by Crippen LogP contribution is 2.36. The van der Waals surface area contributed by atoms with Crippen molar-refractivity contribution in [2.24, 2.45) is 11.7 Å². The third-order valence-electron chi connectivity index (χ3n) is 4.93. The molecule has 0 unspecified atom stereocenters. The Hall–Kier alpha value is -2.29. The van der Waals surface area contributed by atoms with E-state index in [9.17, 15) is 18.5 Å². The fourth-order valence-corrected chi connectivity index (χ4v) is 5.25. The molecule has 0 bridgehead atoms. The number of non-ortho nitro benzene ring substituents is 1. The van der Waals surface area contributed by atoms with Crippen molar-refractivity contribution in [3.63, 3.8) is 0 Å². The lowest BCUT2D eigenvalue weighted by atomic mass is 9.89. The van der Waals surface area contributed by atoms with Gasteiger partial charge in [0.25, 0.3) is 5.69 Å². The summed E-state index contributed by atoms with van der Waals surface area (Å²) in [6.07, 6.45) is 0. The molecule has 2 aromatic rings. The second-order valence-corrected chi connectivity index (χ2v) is 8.45. The van der Waals surface area contributed by atoms with E-state index in [-0.39, 0.29) is 22.4 Å². The Morgan fingerprint density at radius 2 is 1.88 bits per heavy atom. The summed E-state index contributed by atoms with van der Waals surface area (Å²) in [6, 6.07) is 13.6. The van der Waals surface area contributed by atoms with E-state index in [2.05, 4.69) is 0 Å². The van der Waals surface area contributed by atoms with Gasteiger partial charge in [0.05, 0.1) is 9.82 Å². The van der Waals surface area contributed by atoms with Gasteiger partial charge in [0.15, 0.2) is 0 Å². The molecule has 0 amide bonds. The average molecular weight is 375 g/mol. The molecule has 138 valence electrons. The third kappa shape index (κ3) is 3.35. The lowest BCUT2D eigenvalue weighted by Crippen LogP contribution is -2.30. The van der Waals surface area contributed by atoms with Crippen LogP contribution in [0.4, 0.5) is 5.69 Å². The van der Waals surface area contributed by atoms with Crippen LogP contribution in [0.5, 0.6) is 0 Å². The van der Waals surface area contributed by atoms with Gasteiger partial charge in [-0.1, -0.05) is 30.3 Å². The van der Waals surface area contributed by atoms with Crippen LogP contribution in [-0.4, -0.2) is 37.3 Å². The molecular weight excluding hydrogens is 354 g/mol. The van der Waals surface area contributed by atoms with Crippen molar-refractivity contribution in [2.75, 3.05) is 19.6 Å². The lowest BCUT2D eigenvalue weighted by molar-refractivity contribution is -0.385. The fourth-order valence-electron chi connectivity index (χ4n) is 3.52. The second-order valence-electron chi connectivity index (χ2n) is 6.54. The Bertz CT molecular complexity index is 915. The Balaban J connectivity index is 1.92. The molecule has 1 fully saturated rings. The summed E-state index contributed by atoms with van der Waals surface area (Å²) < 4.78 is 27.6. The fraction of sp³-hybridized carbons (Fsp3) is 0.333. The number of rotatable bonds is 5. The first-order valence-corrected chi connectivity index (χ1v) is 9.79. The van der Waals surface area contributed by atoms with E-state index >= 15 is 0 Å². The minimum Gasteiger partial charge on any atom is -0.330 e. The number of nitrogens with zero attached hydrogens (tertiary/aromatic N) is 2. The molecule has 1 aliphatic heterocycles. The van der Waals surface area contributed by atoms with Crippen LogP contribution in [0.3, 0.4) is 0 Å². The van der Waals surface area contributed by atoms with Crippen LogP contribution in [-0.2, 0) is 10.0 Å². The first kappa shape index (κ1) is 18.5. The van der Waals surface area contributed by atoms with E-state index < -0.39 is 14.9 Å². The molecule has 26 heavy (non-hydrogen) atoms. The van der Waals surface area contributed by atoms with Gasteiger partial charge in [0, 0.05) is 31.1 Å². The van der Waals surface area contributed by atoms with Crippen LogP contribution in [0, 0.1) is 23.0 Å². The van der Waals surface area contributed by atoms with Crippen molar-refractivity contribution in [1.82, 2.24) is 4.31 Å². The van der Waals surface area contributed by atoms with Crippen LogP contribution < -0.4 is 5.73 Å². The van der Waals surface area contributed by atoms with E-state index in [1.54, 1.807) is 6.92 Å². The molecule has 0 aromatic heterocycles. The highest BCUT2D eigenvalue weighted by atomic mass is 32.2. The number of nitro groups is 1. The Morgan fingerprint density at radius 3 is 2.46 bits per heavy atom. The summed E-state index contributed by atoms with van der Waals surface area (Å²) in [5, 5.41) is 10.9. The molecule has 1 aliphatic rings. The summed E-state index contributed by atoms with van der Waals surface area (Å²) in [5.41, 5.74) is 7.21. The van der Waals surface area contributed by atoms with Gasteiger partial charge in [-0.15, -0.1) is 0 Å². The molecule has 3 rings (SSSR count). The molecule has 1 heterocycles. The van der Waals surface area contributed by atoms with Crippen LogP contribution >= 0.6 is 0 Å². The zero-order chi connectivity index (χ0) is 18.9. The molecule has 2 atom stereocenters. The van der Waals surface area contributed by atoms with Crippen molar-refractivity contribution in [3.05, 3.63) is 69.8 Å². The minimum absolute atomic E-state index is 0.0329. The highest BCUT2D eigenvalue weighted by Gasteiger charge is 2.39. The van der Waals surface area contributed by atoms with Crippen LogP contribution in [0.2, 0.25) is 0 Å². The molecular formula is C18H21N3O4S. The summed E-state index contributed by atoms with van der Waals surface area (Å²) in [5.74, 6) is 0.0693. The van der Waals surface area contributed by atoms with Crippen molar-refractivity contribution in [2.45, 2.75) is 17.7 Å². The Kier molecular flexibility index (Phi) is 5.08. The van der Waals surface area contributed by atoms with Crippen LogP contribution in [0.1, 0.15) is 17.0 Å². The topological polar surface area (TPSA) is 107 Å². The van der Waals surface area contributed by atoms with Crippen molar-refractivity contribution in [1.29, 1.82) is 0 Å². The zero-order valence-electron chi connectivity index (χ0n) is 14.4. The standard InChI is InChI=1S/C18H21N3O4S/c1-13-9-16(21(22)23)7-8-18(13)26(24,25)20-11-15(10-19)17(12-20)14-5-3-2-4-6-14/h2-9,15,17H,10-12,19H2,1H3/t15-,17+/m1/s1. The van der Waals surface area contributed by atoms with Gasteiger partial charge in [0.2, 0.25) is 10.0 Å². The molecule has 2 aromatic carbocycles.